The Balaban J connectivity index is 2.88. The lowest BCUT2D eigenvalue weighted by Crippen LogP contribution is -2.39. The number of hydrogen-bond acceptors (Lipinski definition) is 6. The number of carboxylic acid groups (broad SMARTS) is 1. The highest BCUT2D eigenvalue weighted by Gasteiger charge is 2.20. The van der Waals surface area contributed by atoms with Crippen LogP contribution in [0.2, 0.25) is 0 Å². The van der Waals surface area contributed by atoms with Gasteiger partial charge in [-0.15, -0.1) is 0 Å². The molecule has 0 saturated carbocycles. The number of hydrogen-bond donors (Lipinski definition) is 2. The Labute approximate surface area is 109 Å². The first kappa shape index (κ1) is 14.7. The number of nitro benzene ring substituents is 1. The monoisotopic (exact) mass is 270 g/mol. The fourth-order valence-electron chi connectivity index (χ4n) is 1.34. The average molecular weight is 270 g/mol. The van der Waals surface area contributed by atoms with Crippen molar-refractivity contribution < 1.29 is 24.3 Å². The predicted octanol–water partition coefficient (Wildman–Crippen LogP) is 0.655. The van der Waals surface area contributed by atoms with Crippen LogP contribution in [0.4, 0.5) is 5.69 Å². The summed E-state index contributed by atoms with van der Waals surface area (Å²) in [4.78, 5) is 21.0. The van der Waals surface area contributed by atoms with Crippen LogP contribution >= 0.6 is 0 Å². The number of aliphatic carboxylic acids is 1. The van der Waals surface area contributed by atoms with Gasteiger partial charge in [-0.1, -0.05) is 0 Å². The van der Waals surface area contributed by atoms with Gasteiger partial charge >= 0.3 is 11.7 Å². The molecule has 0 radical (unpaired) electrons. The minimum Gasteiger partial charge on any atom is -0.496 e. The van der Waals surface area contributed by atoms with E-state index in [1.807, 2.05) is 0 Å². The number of ether oxygens (including phenoxy) is 2. The van der Waals surface area contributed by atoms with Crippen LogP contribution < -0.4 is 14.8 Å². The van der Waals surface area contributed by atoms with Gasteiger partial charge in [-0.25, -0.2) is 0 Å². The molecule has 1 aromatic carbocycles. The van der Waals surface area contributed by atoms with Gasteiger partial charge in [0, 0.05) is 0 Å². The van der Waals surface area contributed by atoms with Crippen LogP contribution in [-0.4, -0.2) is 42.8 Å². The van der Waals surface area contributed by atoms with Gasteiger partial charge in [-0.05, 0) is 19.2 Å². The molecule has 1 unspecified atom stereocenters. The van der Waals surface area contributed by atoms with E-state index in [1.165, 1.54) is 32.4 Å². The number of nitrogens with one attached hydrogen (secondary N) is 1. The third kappa shape index (κ3) is 3.81. The molecule has 0 aliphatic carbocycles. The summed E-state index contributed by atoms with van der Waals surface area (Å²) >= 11 is 0. The quantitative estimate of drug-likeness (QED) is 0.552. The largest absolute Gasteiger partial charge is 0.496 e. The van der Waals surface area contributed by atoms with Crippen LogP contribution in [0.3, 0.4) is 0 Å². The summed E-state index contributed by atoms with van der Waals surface area (Å²) in [5.41, 5.74) is -0.278. The minimum absolute atomic E-state index is 0.00713. The molecule has 2 N–H and O–H groups in total. The maximum absolute atomic E-state index is 10.9. The lowest BCUT2D eigenvalue weighted by molar-refractivity contribution is -0.386. The van der Waals surface area contributed by atoms with Crippen molar-refractivity contribution in [1.82, 2.24) is 5.32 Å². The molecule has 0 bridgehead atoms. The Morgan fingerprint density at radius 1 is 1.58 bits per heavy atom. The number of carboxylic acids is 1. The highest BCUT2D eigenvalue weighted by Crippen LogP contribution is 2.30. The molecular weight excluding hydrogens is 256 g/mol. The highest BCUT2D eigenvalue weighted by molar-refractivity contribution is 5.73. The molecule has 1 rings (SSSR count). The molecule has 0 aliphatic heterocycles. The zero-order valence-corrected chi connectivity index (χ0v) is 10.5. The van der Waals surface area contributed by atoms with Crippen molar-refractivity contribution >= 4 is 11.7 Å². The summed E-state index contributed by atoms with van der Waals surface area (Å²) in [6.45, 7) is -0.223. The molecule has 0 aromatic heterocycles. The fourth-order valence-corrected chi connectivity index (χ4v) is 1.34. The second-order valence-corrected chi connectivity index (χ2v) is 3.58. The molecule has 8 nitrogen and oxygen atoms in total. The Hall–Kier alpha value is -2.35. The van der Waals surface area contributed by atoms with Crippen molar-refractivity contribution in [3.05, 3.63) is 28.3 Å². The highest BCUT2D eigenvalue weighted by atomic mass is 16.6. The summed E-state index contributed by atoms with van der Waals surface area (Å²) in [6, 6.07) is 3.13. The number of methoxy groups -OCH3 is 1. The van der Waals surface area contributed by atoms with E-state index in [4.69, 9.17) is 14.6 Å². The maximum Gasteiger partial charge on any atom is 0.324 e. The number of nitro groups is 1. The van der Waals surface area contributed by atoms with Crippen LogP contribution in [0.25, 0.3) is 0 Å². The Kier molecular flexibility index (Phi) is 5.07. The van der Waals surface area contributed by atoms with Gasteiger partial charge < -0.3 is 19.9 Å². The standard InChI is InChI=1S/C11H14N2O6/c1-12-8(11(14)15)6-19-10-4-3-7(18-2)5-9(10)13(16)17/h3-5,8,12H,6H2,1-2H3,(H,14,15). The van der Waals surface area contributed by atoms with E-state index in [-0.39, 0.29) is 18.0 Å². The summed E-state index contributed by atoms with van der Waals surface area (Å²) < 4.78 is 10.1. The molecule has 0 amide bonds. The molecule has 0 spiro atoms. The first-order valence-electron chi connectivity index (χ1n) is 5.35. The topological polar surface area (TPSA) is 111 Å². The normalized spacial score (nSPS) is 11.7. The molecule has 1 atom stereocenters. The van der Waals surface area contributed by atoms with Gasteiger partial charge in [-0.2, -0.15) is 0 Å². The summed E-state index contributed by atoms with van der Waals surface area (Å²) in [6.07, 6.45) is 0. The van der Waals surface area contributed by atoms with E-state index in [9.17, 15) is 14.9 Å². The lowest BCUT2D eigenvalue weighted by Gasteiger charge is -2.13. The molecule has 104 valence electrons. The first-order valence-corrected chi connectivity index (χ1v) is 5.35. The Morgan fingerprint density at radius 2 is 2.26 bits per heavy atom. The van der Waals surface area contributed by atoms with Crippen LogP contribution in [0, 0.1) is 10.1 Å². The Bertz CT molecular complexity index is 476. The molecule has 0 heterocycles. The summed E-state index contributed by atoms with van der Waals surface area (Å²) in [5.74, 6) is -0.784. The molecule has 8 heteroatoms. The number of nitrogens with zero attached hydrogens (tertiary/aromatic N) is 1. The van der Waals surface area contributed by atoms with Gasteiger partial charge in [0.1, 0.15) is 18.4 Å². The van der Waals surface area contributed by atoms with Gasteiger partial charge in [0.2, 0.25) is 0 Å². The second kappa shape index (κ2) is 6.55. The SMILES string of the molecule is CNC(COc1ccc(OC)cc1[N+](=O)[O-])C(=O)O. The Morgan fingerprint density at radius 3 is 2.74 bits per heavy atom. The third-order valence-electron chi connectivity index (χ3n) is 2.41. The maximum atomic E-state index is 10.9. The molecule has 19 heavy (non-hydrogen) atoms. The molecule has 0 aliphatic rings. The van der Waals surface area contributed by atoms with Crippen molar-refractivity contribution in [3.63, 3.8) is 0 Å². The van der Waals surface area contributed by atoms with Gasteiger partial charge in [0.15, 0.2) is 5.75 Å². The number of rotatable bonds is 7. The zero-order valence-electron chi connectivity index (χ0n) is 10.5. The van der Waals surface area contributed by atoms with Crippen LogP contribution in [-0.2, 0) is 4.79 Å². The molecule has 1 aromatic rings. The van der Waals surface area contributed by atoms with Crippen LogP contribution in [0.5, 0.6) is 11.5 Å². The molecule has 0 saturated heterocycles. The third-order valence-corrected chi connectivity index (χ3v) is 2.41. The summed E-state index contributed by atoms with van der Waals surface area (Å²) in [5, 5.41) is 22.2. The smallest absolute Gasteiger partial charge is 0.324 e. The first-order chi connectivity index (χ1) is 8.99. The van der Waals surface area contributed by atoms with Crippen LogP contribution in [0.15, 0.2) is 18.2 Å². The van der Waals surface area contributed by atoms with E-state index in [0.717, 1.165) is 0 Å². The van der Waals surface area contributed by atoms with E-state index in [0.29, 0.717) is 5.75 Å². The molecular formula is C11H14N2O6. The van der Waals surface area contributed by atoms with Crippen LogP contribution in [0.1, 0.15) is 0 Å². The lowest BCUT2D eigenvalue weighted by atomic mass is 10.2. The van der Waals surface area contributed by atoms with E-state index >= 15 is 0 Å². The minimum atomic E-state index is -1.10. The second-order valence-electron chi connectivity index (χ2n) is 3.58. The van der Waals surface area contributed by atoms with E-state index in [1.54, 1.807) is 0 Å². The predicted molar refractivity (Wildman–Crippen MR) is 65.6 cm³/mol. The van der Waals surface area contributed by atoms with Crippen molar-refractivity contribution in [2.24, 2.45) is 0 Å². The van der Waals surface area contributed by atoms with Crippen molar-refractivity contribution in [2.45, 2.75) is 6.04 Å². The number of benzene rings is 1. The number of carbonyl (C=O) groups is 1. The molecule has 0 fully saturated rings. The van der Waals surface area contributed by atoms with Crippen molar-refractivity contribution in [3.8, 4) is 11.5 Å². The average Bonchev–Trinajstić information content (AvgIpc) is 2.38. The van der Waals surface area contributed by atoms with E-state index in [2.05, 4.69) is 5.32 Å². The summed E-state index contributed by atoms with van der Waals surface area (Å²) in [7, 11) is 2.85. The van der Waals surface area contributed by atoms with Gasteiger partial charge in [-0.3, -0.25) is 14.9 Å². The van der Waals surface area contributed by atoms with Gasteiger partial charge in [0.25, 0.3) is 0 Å². The van der Waals surface area contributed by atoms with E-state index < -0.39 is 16.9 Å². The van der Waals surface area contributed by atoms with Crippen molar-refractivity contribution in [1.29, 1.82) is 0 Å². The zero-order chi connectivity index (χ0) is 14.4. The van der Waals surface area contributed by atoms with Crippen molar-refractivity contribution in [2.75, 3.05) is 20.8 Å². The van der Waals surface area contributed by atoms with Gasteiger partial charge in [0.05, 0.1) is 18.1 Å². The number of likely N-dealkylation sites (N-methyl/N-ethyl adjacent to an activating group) is 1. The fraction of sp³-hybridized carbons (Fsp3) is 0.364.